The molecule has 0 fully saturated rings. The van der Waals surface area contributed by atoms with Crippen LogP contribution in [0.2, 0.25) is 0 Å². The first-order valence-electron chi connectivity index (χ1n) is 6.77. The Morgan fingerprint density at radius 1 is 1.20 bits per heavy atom. The lowest BCUT2D eigenvalue weighted by atomic mass is 10.1. The minimum Gasteiger partial charge on any atom is -0.478 e. The molecule has 0 bridgehead atoms. The molecule has 0 aliphatic rings. The van der Waals surface area contributed by atoms with Crippen LogP contribution in [0, 0.1) is 0 Å². The van der Waals surface area contributed by atoms with Gasteiger partial charge >= 0.3 is 5.97 Å². The summed E-state index contributed by atoms with van der Waals surface area (Å²) >= 11 is 0. The number of benzene rings is 1. The average Bonchev–Trinajstić information content (AvgIpc) is 2.46. The van der Waals surface area contributed by atoms with Crippen LogP contribution in [0.4, 0.5) is 0 Å². The average molecular weight is 275 g/mol. The van der Waals surface area contributed by atoms with Crippen molar-refractivity contribution in [3.05, 3.63) is 41.5 Å². The number of carboxylic acid groups (broad SMARTS) is 1. The second kappa shape index (κ2) is 7.48. The number of carbonyl (C=O) groups excluding carboxylic acids is 1. The quantitative estimate of drug-likeness (QED) is 0.812. The van der Waals surface area contributed by atoms with E-state index in [0.717, 1.165) is 24.5 Å². The fourth-order valence-electron chi connectivity index (χ4n) is 2.11. The van der Waals surface area contributed by atoms with Crippen molar-refractivity contribution in [2.24, 2.45) is 0 Å². The number of hydrogen-bond donors (Lipinski definition) is 1. The van der Waals surface area contributed by atoms with Crippen molar-refractivity contribution in [2.75, 3.05) is 7.05 Å². The minimum atomic E-state index is -0.987. The van der Waals surface area contributed by atoms with Gasteiger partial charge in [0.15, 0.2) is 0 Å². The summed E-state index contributed by atoms with van der Waals surface area (Å²) in [5.74, 6) is -0.994. The Balaban J connectivity index is 2.82. The summed E-state index contributed by atoms with van der Waals surface area (Å²) in [6.45, 7) is 4.13. The van der Waals surface area contributed by atoms with Crippen LogP contribution in [0.3, 0.4) is 0 Å². The lowest BCUT2D eigenvalue weighted by molar-refractivity contribution is -0.131. The van der Waals surface area contributed by atoms with E-state index in [2.05, 4.69) is 13.8 Å². The molecule has 0 saturated heterocycles. The lowest BCUT2D eigenvalue weighted by Crippen LogP contribution is -2.36. The Bertz CT molecular complexity index is 487. The van der Waals surface area contributed by atoms with Crippen molar-refractivity contribution < 1.29 is 14.7 Å². The van der Waals surface area contributed by atoms with Crippen LogP contribution in [0.5, 0.6) is 0 Å². The molecule has 4 nitrogen and oxygen atoms in total. The van der Waals surface area contributed by atoms with E-state index >= 15 is 0 Å². The second-order valence-electron chi connectivity index (χ2n) is 4.68. The van der Waals surface area contributed by atoms with E-state index in [9.17, 15) is 9.59 Å². The van der Waals surface area contributed by atoms with Gasteiger partial charge in [0.25, 0.3) is 5.91 Å². The molecule has 0 unspecified atom stereocenters. The van der Waals surface area contributed by atoms with Crippen molar-refractivity contribution in [3.8, 4) is 0 Å². The van der Waals surface area contributed by atoms with Crippen LogP contribution in [-0.2, 0) is 4.79 Å². The maximum atomic E-state index is 12.3. The van der Waals surface area contributed by atoms with Gasteiger partial charge in [-0.2, -0.15) is 0 Å². The molecule has 0 saturated carbocycles. The molecule has 4 heteroatoms. The summed E-state index contributed by atoms with van der Waals surface area (Å²) in [7, 11) is 1.82. The Hall–Kier alpha value is -2.10. The zero-order valence-electron chi connectivity index (χ0n) is 12.2. The Morgan fingerprint density at radius 2 is 1.75 bits per heavy atom. The summed E-state index contributed by atoms with van der Waals surface area (Å²) in [6, 6.07) is 7.18. The van der Waals surface area contributed by atoms with E-state index in [4.69, 9.17) is 5.11 Å². The Labute approximate surface area is 119 Å². The minimum absolute atomic E-state index is 0.00698. The molecular formula is C16H21NO3. The molecule has 0 aromatic heterocycles. The summed E-state index contributed by atoms with van der Waals surface area (Å²) < 4.78 is 0. The number of carboxylic acids is 1. The molecule has 0 spiro atoms. The van der Waals surface area contributed by atoms with Crippen LogP contribution in [0.1, 0.15) is 42.6 Å². The molecule has 108 valence electrons. The molecule has 1 aromatic rings. The van der Waals surface area contributed by atoms with E-state index in [1.807, 2.05) is 7.05 Å². The zero-order valence-corrected chi connectivity index (χ0v) is 12.2. The maximum Gasteiger partial charge on any atom is 0.328 e. The first kappa shape index (κ1) is 16.0. The van der Waals surface area contributed by atoms with Gasteiger partial charge in [-0.1, -0.05) is 26.0 Å². The predicted octanol–water partition coefficient (Wildman–Crippen LogP) is 3.05. The normalized spacial score (nSPS) is 11.0. The number of carbonyl (C=O) groups is 2. The zero-order chi connectivity index (χ0) is 15.1. The highest BCUT2D eigenvalue weighted by Crippen LogP contribution is 2.13. The van der Waals surface area contributed by atoms with Crippen LogP contribution in [0.25, 0.3) is 6.08 Å². The monoisotopic (exact) mass is 275 g/mol. The summed E-state index contributed by atoms with van der Waals surface area (Å²) in [5.41, 5.74) is 1.38. The largest absolute Gasteiger partial charge is 0.478 e. The van der Waals surface area contributed by atoms with Crippen LogP contribution in [0.15, 0.2) is 30.3 Å². The van der Waals surface area contributed by atoms with E-state index in [1.54, 1.807) is 29.2 Å². The topological polar surface area (TPSA) is 57.6 Å². The van der Waals surface area contributed by atoms with Gasteiger partial charge in [0.05, 0.1) is 0 Å². The van der Waals surface area contributed by atoms with Crippen LogP contribution in [-0.4, -0.2) is 35.0 Å². The highest BCUT2D eigenvalue weighted by Gasteiger charge is 2.17. The molecule has 0 radical (unpaired) electrons. The fraction of sp³-hybridized carbons (Fsp3) is 0.375. The van der Waals surface area contributed by atoms with Gasteiger partial charge in [0.1, 0.15) is 0 Å². The second-order valence-corrected chi connectivity index (χ2v) is 4.68. The Morgan fingerprint density at radius 3 is 2.20 bits per heavy atom. The van der Waals surface area contributed by atoms with E-state index in [-0.39, 0.29) is 11.9 Å². The third-order valence-electron chi connectivity index (χ3n) is 3.39. The van der Waals surface area contributed by atoms with Crippen molar-refractivity contribution in [1.29, 1.82) is 0 Å². The van der Waals surface area contributed by atoms with Gasteiger partial charge in [0.2, 0.25) is 0 Å². The van der Waals surface area contributed by atoms with Gasteiger partial charge in [-0.3, -0.25) is 4.79 Å². The SMILES string of the molecule is CCC(CC)N(C)C(=O)c1ccc(C=CC(=O)O)cc1. The first-order chi connectivity index (χ1) is 9.49. The molecule has 0 aliphatic heterocycles. The maximum absolute atomic E-state index is 12.3. The van der Waals surface area contributed by atoms with Gasteiger partial charge < -0.3 is 10.0 Å². The summed E-state index contributed by atoms with van der Waals surface area (Å²) in [5, 5.41) is 8.56. The number of amides is 1. The number of nitrogens with zero attached hydrogens (tertiary/aromatic N) is 1. The van der Waals surface area contributed by atoms with Crippen molar-refractivity contribution in [2.45, 2.75) is 32.7 Å². The molecule has 0 atom stereocenters. The van der Waals surface area contributed by atoms with Gasteiger partial charge in [0, 0.05) is 24.7 Å². The van der Waals surface area contributed by atoms with Crippen molar-refractivity contribution >= 4 is 18.0 Å². The highest BCUT2D eigenvalue weighted by molar-refractivity contribution is 5.94. The molecular weight excluding hydrogens is 254 g/mol. The molecule has 1 N–H and O–H groups in total. The van der Waals surface area contributed by atoms with Gasteiger partial charge in [-0.15, -0.1) is 0 Å². The fourth-order valence-corrected chi connectivity index (χ4v) is 2.11. The summed E-state index contributed by atoms with van der Waals surface area (Å²) in [4.78, 5) is 24.5. The lowest BCUT2D eigenvalue weighted by Gasteiger charge is -2.26. The van der Waals surface area contributed by atoms with Gasteiger partial charge in [-0.05, 0) is 36.6 Å². The van der Waals surface area contributed by atoms with Gasteiger partial charge in [-0.25, -0.2) is 4.79 Å². The predicted molar refractivity (Wildman–Crippen MR) is 79.6 cm³/mol. The Kier molecular flexibility index (Phi) is 5.97. The van der Waals surface area contributed by atoms with E-state index in [1.165, 1.54) is 6.08 Å². The first-order valence-corrected chi connectivity index (χ1v) is 6.77. The third-order valence-corrected chi connectivity index (χ3v) is 3.39. The summed E-state index contributed by atoms with van der Waals surface area (Å²) in [6.07, 6.45) is 4.44. The van der Waals surface area contributed by atoms with Crippen molar-refractivity contribution in [1.82, 2.24) is 4.90 Å². The van der Waals surface area contributed by atoms with E-state index in [0.29, 0.717) is 5.56 Å². The molecule has 1 aromatic carbocycles. The van der Waals surface area contributed by atoms with Crippen molar-refractivity contribution in [3.63, 3.8) is 0 Å². The molecule has 0 aliphatic carbocycles. The van der Waals surface area contributed by atoms with Crippen LogP contribution < -0.4 is 0 Å². The molecule has 1 amide bonds. The molecule has 0 heterocycles. The standard InChI is InChI=1S/C16H21NO3/c1-4-14(5-2)17(3)16(20)13-9-6-12(7-10-13)8-11-15(18)19/h6-11,14H,4-5H2,1-3H3,(H,18,19). The number of aliphatic carboxylic acids is 1. The van der Waals surface area contributed by atoms with E-state index < -0.39 is 5.97 Å². The van der Waals surface area contributed by atoms with Crippen LogP contribution >= 0.6 is 0 Å². The number of hydrogen-bond acceptors (Lipinski definition) is 2. The highest BCUT2D eigenvalue weighted by atomic mass is 16.4. The molecule has 20 heavy (non-hydrogen) atoms. The number of rotatable bonds is 6. The third kappa shape index (κ3) is 4.23. The molecule has 1 rings (SSSR count). The smallest absolute Gasteiger partial charge is 0.328 e.